The number of sulfonamides is 1. The first-order valence-corrected chi connectivity index (χ1v) is 8.63. The summed E-state index contributed by atoms with van der Waals surface area (Å²) in [5, 5.41) is 7.82. The second-order valence-electron chi connectivity index (χ2n) is 5.02. The zero-order valence-electron chi connectivity index (χ0n) is 13.0. The number of hydrogen-bond donors (Lipinski definition) is 1. The van der Waals surface area contributed by atoms with Gasteiger partial charge in [0.2, 0.25) is 0 Å². The molecule has 1 amide bonds. The Kier molecular flexibility index (Phi) is 4.71. The van der Waals surface area contributed by atoms with E-state index in [9.17, 15) is 22.0 Å². The molecule has 0 atom stereocenters. The molecule has 8 nitrogen and oxygen atoms in total. The number of benzene rings is 1. The minimum absolute atomic E-state index is 0.161. The molecule has 0 unspecified atom stereocenters. The minimum atomic E-state index is -4.16. The number of alkyl halides is 2. The predicted octanol–water partition coefficient (Wildman–Crippen LogP) is 1.72. The monoisotopic (exact) mass is 379 g/mol. The van der Waals surface area contributed by atoms with Crippen molar-refractivity contribution in [2.45, 2.75) is 11.3 Å². The topological polar surface area (TPSA) is 107 Å². The van der Waals surface area contributed by atoms with E-state index < -0.39 is 22.4 Å². The zero-order chi connectivity index (χ0) is 18.7. The number of halogens is 2. The van der Waals surface area contributed by atoms with Crippen molar-refractivity contribution in [3.05, 3.63) is 66.2 Å². The van der Waals surface area contributed by atoms with Crippen LogP contribution < -0.4 is 4.72 Å². The van der Waals surface area contributed by atoms with Crippen molar-refractivity contribution in [3.63, 3.8) is 0 Å². The molecule has 3 rings (SSSR count). The summed E-state index contributed by atoms with van der Waals surface area (Å²) in [5.41, 5.74) is -0.132. The van der Waals surface area contributed by atoms with Gasteiger partial charge >= 0.3 is 0 Å². The van der Waals surface area contributed by atoms with Crippen molar-refractivity contribution in [1.82, 2.24) is 24.7 Å². The minimum Gasteiger partial charge on any atom is -0.266 e. The average Bonchev–Trinajstić information content (AvgIpc) is 3.16. The van der Waals surface area contributed by atoms with Crippen LogP contribution in [0.15, 0.2) is 59.9 Å². The van der Waals surface area contributed by atoms with E-state index in [0.717, 1.165) is 18.3 Å². The fraction of sp³-hybridized carbons (Fsp3) is 0.0667. The molecule has 0 aliphatic carbocycles. The van der Waals surface area contributed by atoms with Gasteiger partial charge in [-0.3, -0.25) is 9.78 Å². The molecule has 0 spiro atoms. The molecule has 0 bridgehead atoms. The molecule has 3 aromatic rings. The number of aromatic nitrogens is 4. The van der Waals surface area contributed by atoms with Gasteiger partial charge in [0.25, 0.3) is 22.4 Å². The van der Waals surface area contributed by atoms with E-state index >= 15 is 0 Å². The SMILES string of the molecule is O=C(NS(=O)(=O)c1ccc(-n2nccn2)cc1)c1ccc(C(F)F)cn1. The van der Waals surface area contributed by atoms with Crippen molar-refractivity contribution in [1.29, 1.82) is 0 Å². The van der Waals surface area contributed by atoms with Crippen molar-refractivity contribution >= 4 is 15.9 Å². The number of rotatable bonds is 5. The van der Waals surface area contributed by atoms with Crippen LogP contribution in [0.5, 0.6) is 0 Å². The van der Waals surface area contributed by atoms with Gasteiger partial charge in [-0.1, -0.05) is 0 Å². The van der Waals surface area contributed by atoms with Gasteiger partial charge in [0.1, 0.15) is 5.69 Å². The van der Waals surface area contributed by atoms with Crippen LogP contribution in [0.4, 0.5) is 8.78 Å². The largest absolute Gasteiger partial charge is 0.283 e. The van der Waals surface area contributed by atoms with Crippen LogP contribution in [0.1, 0.15) is 22.5 Å². The van der Waals surface area contributed by atoms with E-state index in [1.54, 1.807) is 0 Å². The Labute approximate surface area is 146 Å². The standard InChI is InChI=1S/C15H11F2N5O3S/c16-14(17)10-1-6-13(18-9-10)15(23)21-26(24,25)12-4-2-11(3-5-12)22-19-7-8-20-22/h1-9,14H,(H,21,23). The summed E-state index contributed by atoms with van der Waals surface area (Å²) in [6, 6.07) is 7.52. The van der Waals surface area contributed by atoms with Crippen LogP contribution >= 0.6 is 0 Å². The van der Waals surface area contributed by atoms with Gasteiger partial charge in [-0.2, -0.15) is 15.0 Å². The quantitative estimate of drug-likeness (QED) is 0.723. The summed E-state index contributed by atoms with van der Waals surface area (Å²) in [6.45, 7) is 0. The Morgan fingerprint density at radius 2 is 1.69 bits per heavy atom. The Balaban J connectivity index is 1.76. The number of carbonyl (C=O) groups is 1. The van der Waals surface area contributed by atoms with E-state index in [1.807, 2.05) is 4.72 Å². The molecule has 0 radical (unpaired) electrons. The van der Waals surface area contributed by atoms with Crippen molar-refractivity contribution in [2.24, 2.45) is 0 Å². The highest BCUT2D eigenvalue weighted by Crippen LogP contribution is 2.17. The highest BCUT2D eigenvalue weighted by Gasteiger charge is 2.20. The molecule has 11 heteroatoms. The van der Waals surface area contributed by atoms with E-state index in [0.29, 0.717) is 5.69 Å². The summed E-state index contributed by atoms with van der Waals surface area (Å²) < 4.78 is 51.3. The summed E-state index contributed by atoms with van der Waals surface area (Å²) in [5.74, 6) is -1.02. The summed E-state index contributed by atoms with van der Waals surface area (Å²) in [6.07, 6.45) is 1.03. The lowest BCUT2D eigenvalue weighted by atomic mass is 10.2. The molecule has 1 aromatic carbocycles. The molecule has 0 saturated heterocycles. The van der Waals surface area contributed by atoms with Crippen molar-refractivity contribution in [2.75, 3.05) is 0 Å². The molecule has 2 heterocycles. The van der Waals surface area contributed by atoms with E-state index in [1.165, 1.54) is 41.5 Å². The third kappa shape index (κ3) is 3.72. The molecule has 0 fully saturated rings. The maximum Gasteiger partial charge on any atom is 0.283 e. The first-order valence-electron chi connectivity index (χ1n) is 7.15. The first-order chi connectivity index (χ1) is 12.4. The molecule has 2 aromatic heterocycles. The Morgan fingerprint density at radius 1 is 1.04 bits per heavy atom. The van der Waals surface area contributed by atoms with Gasteiger partial charge in [0, 0.05) is 11.8 Å². The van der Waals surface area contributed by atoms with Crippen molar-refractivity contribution < 1.29 is 22.0 Å². The lowest BCUT2D eigenvalue weighted by molar-refractivity contribution is 0.0975. The van der Waals surface area contributed by atoms with Crippen LogP contribution in [0.3, 0.4) is 0 Å². The molecular formula is C15H11F2N5O3S. The Morgan fingerprint density at radius 3 is 2.23 bits per heavy atom. The molecule has 0 aliphatic heterocycles. The third-order valence-electron chi connectivity index (χ3n) is 3.29. The number of hydrogen-bond acceptors (Lipinski definition) is 6. The second-order valence-corrected chi connectivity index (χ2v) is 6.71. The fourth-order valence-electron chi connectivity index (χ4n) is 2.01. The van der Waals surface area contributed by atoms with Gasteiger partial charge in [-0.05, 0) is 36.4 Å². The predicted molar refractivity (Wildman–Crippen MR) is 85.2 cm³/mol. The van der Waals surface area contributed by atoms with Gasteiger partial charge in [-0.25, -0.2) is 21.9 Å². The van der Waals surface area contributed by atoms with Crippen LogP contribution in [0.2, 0.25) is 0 Å². The number of carbonyl (C=O) groups excluding carboxylic acids is 1. The van der Waals surface area contributed by atoms with Crippen LogP contribution in [0, 0.1) is 0 Å². The summed E-state index contributed by atoms with van der Waals surface area (Å²) >= 11 is 0. The zero-order valence-corrected chi connectivity index (χ0v) is 13.8. The molecule has 0 saturated carbocycles. The molecule has 134 valence electrons. The van der Waals surface area contributed by atoms with Gasteiger partial charge in [0.05, 0.1) is 23.0 Å². The Hall–Kier alpha value is -3.21. The highest BCUT2D eigenvalue weighted by atomic mass is 32.2. The lowest BCUT2D eigenvalue weighted by Gasteiger charge is -2.08. The van der Waals surface area contributed by atoms with Crippen LogP contribution in [0.25, 0.3) is 5.69 Å². The van der Waals surface area contributed by atoms with E-state index in [4.69, 9.17) is 0 Å². The first kappa shape index (κ1) is 17.6. The molecule has 1 N–H and O–H groups in total. The Bertz CT molecular complexity index is 1000. The summed E-state index contributed by atoms with van der Waals surface area (Å²) in [4.78, 5) is 16.7. The van der Waals surface area contributed by atoms with Crippen LogP contribution in [-0.4, -0.2) is 34.3 Å². The van der Waals surface area contributed by atoms with Gasteiger partial charge < -0.3 is 0 Å². The maximum atomic E-state index is 12.5. The smallest absolute Gasteiger partial charge is 0.266 e. The fourth-order valence-corrected chi connectivity index (χ4v) is 2.97. The second kappa shape index (κ2) is 6.96. The van der Waals surface area contributed by atoms with E-state index in [2.05, 4.69) is 15.2 Å². The third-order valence-corrected chi connectivity index (χ3v) is 4.64. The summed E-state index contributed by atoms with van der Waals surface area (Å²) in [7, 11) is -4.16. The number of nitrogens with one attached hydrogen (secondary N) is 1. The highest BCUT2D eigenvalue weighted by molar-refractivity contribution is 7.90. The number of nitrogens with zero attached hydrogens (tertiary/aromatic N) is 4. The van der Waals surface area contributed by atoms with Gasteiger partial charge in [0.15, 0.2) is 0 Å². The van der Waals surface area contributed by atoms with Crippen LogP contribution in [-0.2, 0) is 10.0 Å². The number of pyridine rings is 1. The normalized spacial score (nSPS) is 11.5. The number of amides is 1. The maximum absolute atomic E-state index is 12.5. The lowest BCUT2D eigenvalue weighted by Crippen LogP contribution is -2.31. The van der Waals surface area contributed by atoms with Crippen molar-refractivity contribution in [3.8, 4) is 5.69 Å². The molecular weight excluding hydrogens is 368 g/mol. The molecule has 0 aliphatic rings. The van der Waals surface area contributed by atoms with E-state index in [-0.39, 0.29) is 16.2 Å². The van der Waals surface area contributed by atoms with Gasteiger partial charge in [-0.15, -0.1) is 0 Å². The molecule has 26 heavy (non-hydrogen) atoms. The average molecular weight is 379 g/mol.